The standard InChI is InChI=1S/C16H24N2O/c1-12-6-4-7-13(10-12)18-16(14(17)19)9-5-8-15(2,3)11-16/h4,6-7,10,18H,5,8-9,11H2,1-3H3,(H2,17,19). The average Bonchev–Trinajstić information content (AvgIpc) is 2.27. The Hall–Kier alpha value is -1.51. The van der Waals surface area contributed by atoms with Crippen LogP contribution in [0.25, 0.3) is 0 Å². The molecular weight excluding hydrogens is 236 g/mol. The van der Waals surface area contributed by atoms with Crippen LogP contribution in [0.3, 0.4) is 0 Å². The fourth-order valence-electron chi connectivity index (χ4n) is 3.24. The van der Waals surface area contributed by atoms with E-state index < -0.39 is 5.54 Å². The Balaban J connectivity index is 2.28. The number of nitrogens with one attached hydrogen (secondary N) is 1. The van der Waals surface area contributed by atoms with Crippen molar-refractivity contribution in [3.63, 3.8) is 0 Å². The van der Waals surface area contributed by atoms with E-state index in [0.717, 1.165) is 31.4 Å². The van der Waals surface area contributed by atoms with Crippen molar-refractivity contribution in [2.24, 2.45) is 11.1 Å². The van der Waals surface area contributed by atoms with Crippen LogP contribution in [0, 0.1) is 12.3 Å². The third-order valence-corrected chi connectivity index (χ3v) is 4.11. The largest absolute Gasteiger partial charge is 0.371 e. The molecule has 1 aromatic carbocycles. The number of aryl methyl sites for hydroxylation is 1. The van der Waals surface area contributed by atoms with E-state index in [-0.39, 0.29) is 11.3 Å². The van der Waals surface area contributed by atoms with Crippen LogP contribution >= 0.6 is 0 Å². The lowest BCUT2D eigenvalue weighted by molar-refractivity contribution is -0.124. The van der Waals surface area contributed by atoms with E-state index in [1.165, 1.54) is 5.56 Å². The normalized spacial score (nSPS) is 25.8. The van der Waals surface area contributed by atoms with Gasteiger partial charge < -0.3 is 11.1 Å². The van der Waals surface area contributed by atoms with E-state index >= 15 is 0 Å². The van der Waals surface area contributed by atoms with Gasteiger partial charge in [-0.2, -0.15) is 0 Å². The lowest BCUT2D eigenvalue weighted by Gasteiger charge is -2.44. The number of carbonyl (C=O) groups excluding carboxylic acids is 1. The van der Waals surface area contributed by atoms with Crippen LogP contribution in [0.15, 0.2) is 24.3 Å². The third kappa shape index (κ3) is 3.09. The molecule has 1 unspecified atom stereocenters. The van der Waals surface area contributed by atoms with Crippen LogP contribution in [0.2, 0.25) is 0 Å². The first-order valence-electron chi connectivity index (χ1n) is 6.98. The van der Waals surface area contributed by atoms with Crippen molar-refractivity contribution >= 4 is 11.6 Å². The first-order valence-corrected chi connectivity index (χ1v) is 6.98. The minimum atomic E-state index is -0.602. The van der Waals surface area contributed by atoms with Crippen LogP contribution in [0.5, 0.6) is 0 Å². The second-order valence-corrected chi connectivity index (χ2v) is 6.64. The van der Waals surface area contributed by atoms with Gasteiger partial charge in [0, 0.05) is 5.69 Å². The van der Waals surface area contributed by atoms with Gasteiger partial charge in [0.1, 0.15) is 5.54 Å². The molecule has 104 valence electrons. The third-order valence-electron chi connectivity index (χ3n) is 4.11. The first-order chi connectivity index (χ1) is 8.83. The van der Waals surface area contributed by atoms with Crippen LogP contribution in [0.1, 0.15) is 45.1 Å². The summed E-state index contributed by atoms with van der Waals surface area (Å²) >= 11 is 0. The molecule has 3 N–H and O–H groups in total. The minimum absolute atomic E-state index is 0.157. The maximum atomic E-state index is 12.0. The first kappa shape index (κ1) is 13.9. The number of benzene rings is 1. The summed E-state index contributed by atoms with van der Waals surface area (Å²) in [7, 11) is 0. The lowest BCUT2D eigenvalue weighted by atomic mass is 9.67. The number of amides is 1. The molecule has 0 heterocycles. The molecule has 2 rings (SSSR count). The molecule has 1 fully saturated rings. The summed E-state index contributed by atoms with van der Waals surface area (Å²) < 4.78 is 0. The number of hydrogen-bond donors (Lipinski definition) is 2. The SMILES string of the molecule is Cc1cccc(NC2(C(N)=O)CCCC(C)(C)C2)c1. The predicted octanol–water partition coefficient (Wildman–Crippen LogP) is 3.23. The van der Waals surface area contributed by atoms with Crippen LogP contribution in [-0.2, 0) is 4.79 Å². The topological polar surface area (TPSA) is 55.1 Å². The van der Waals surface area contributed by atoms with Gasteiger partial charge in [0.25, 0.3) is 0 Å². The van der Waals surface area contributed by atoms with E-state index in [2.05, 4.69) is 25.2 Å². The highest BCUT2D eigenvalue weighted by Gasteiger charge is 2.44. The monoisotopic (exact) mass is 260 g/mol. The summed E-state index contributed by atoms with van der Waals surface area (Å²) in [6, 6.07) is 8.11. The van der Waals surface area contributed by atoms with Gasteiger partial charge in [0.05, 0.1) is 0 Å². The summed E-state index contributed by atoms with van der Waals surface area (Å²) in [6.07, 6.45) is 3.80. The summed E-state index contributed by atoms with van der Waals surface area (Å²) in [5.74, 6) is -0.234. The minimum Gasteiger partial charge on any atom is -0.371 e. The van der Waals surface area contributed by atoms with Gasteiger partial charge >= 0.3 is 0 Å². The fraction of sp³-hybridized carbons (Fsp3) is 0.562. The molecule has 1 aliphatic rings. The number of hydrogen-bond acceptors (Lipinski definition) is 2. The number of carbonyl (C=O) groups is 1. The molecule has 0 bridgehead atoms. The summed E-state index contributed by atoms with van der Waals surface area (Å²) in [5.41, 5.74) is 7.43. The van der Waals surface area contributed by atoms with Crippen molar-refractivity contribution in [3.8, 4) is 0 Å². The molecule has 1 aliphatic carbocycles. The zero-order chi connectivity index (χ0) is 14.1. The van der Waals surface area contributed by atoms with Gasteiger partial charge in [0.15, 0.2) is 0 Å². The molecule has 1 atom stereocenters. The van der Waals surface area contributed by atoms with Crippen LogP contribution in [0.4, 0.5) is 5.69 Å². The number of anilines is 1. The van der Waals surface area contributed by atoms with Gasteiger partial charge in [0.2, 0.25) is 5.91 Å². The van der Waals surface area contributed by atoms with E-state index in [9.17, 15) is 4.79 Å². The maximum absolute atomic E-state index is 12.0. The highest BCUT2D eigenvalue weighted by atomic mass is 16.1. The van der Waals surface area contributed by atoms with E-state index in [1.807, 2.05) is 25.1 Å². The molecule has 1 saturated carbocycles. The van der Waals surface area contributed by atoms with Crippen molar-refractivity contribution in [2.75, 3.05) is 5.32 Å². The Morgan fingerprint density at radius 2 is 2.05 bits per heavy atom. The Bertz CT molecular complexity index is 481. The second-order valence-electron chi connectivity index (χ2n) is 6.64. The Labute approximate surface area is 115 Å². The maximum Gasteiger partial charge on any atom is 0.243 e. The molecule has 0 spiro atoms. The summed E-state index contributed by atoms with van der Waals surface area (Å²) in [6.45, 7) is 6.47. The van der Waals surface area contributed by atoms with Crippen molar-refractivity contribution < 1.29 is 4.79 Å². The zero-order valence-electron chi connectivity index (χ0n) is 12.1. The number of nitrogens with two attached hydrogens (primary N) is 1. The molecule has 0 radical (unpaired) electrons. The Morgan fingerprint density at radius 3 is 2.63 bits per heavy atom. The zero-order valence-corrected chi connectivity index (χ0v) is 12.1. The van der Waals surface area contributed by atoms with Gasteiger partial charge in [-0.1, -0.05) is 32.4 Å². The quantitative estimate of drug-likeness (QED) is 0.876. The Morgan fingerprint density at radius 1 is 1.32 bits per heavy atom. The van der Waals surface area contributed by atoms with E-state index in [4.69, 9.17) is 5.73 Å². The van der Waals surface area contributed by atoms with Gasteiger partial charge in [-0.25, -0.2) is 0 Å². The summed E-state index contributed by atoms with van der Waals surface area (Å²) in [4.78, 5) is 12.0. The molecule has 3 heteroatoms. The Kier molecular flexibility index (Phi) is 3.57. The molecule has 0 saturated heterocycles. The lowest BCUT2D eigenvalue weighted by Crippen LogP contribution is -2.55. The van der Waals surface area contributed by atoms with E-state index in [0.29, 0.717) is 0 Å². The molecule has 1 aromatic rings. The highest BCUT2D eigenvalue weighted by Crippen LogP contribution is 2.42. The summed E-state index contributed by atoms with van der Waals surface area (Å²) in [5, 5.41) is 3.42. The molecule has 0 aromatic heterocycles. The van der Waals surface area contributed by atoms with Crippen molar-refractivity contribution in [1.82, 2.24) is 0 Å². The van der Waals surface area contributed by atoms with E-state index in [1.54, 1.807) is 0 Å². The molecule has 3 nitrogen and oxygen atoms in total. The molecule has 19 heavy (non-hydrogen) atoms. The van der Waals surface area contributed by atoms with Gasteiger partial charge in [-0.3, -0.25) is 4.79 Å². The van der Waals surface area contributed by atoms with Crippen molar-refractivity contribution in [2.45, 2.75) is 52.0 Å². The van der Waals surface area contributed by atoms with Crippen molar-refractivity contribution in [1.29, 1.82) is 0 Å². The van der Waals surface area contributed by atoms with Crippen LogP contribution < -0.4 is 11.1 Å². The smallest absolute Gasteiger partial charge is 0.243 e. The molecule has 0 aliphatic heterocycles. The van der Waals surface area contributed by atoms with Crippen LogP contribution in [-0.4, -0.2) is 11.4 Å². The number of primary amides is 1. The van der Waals surface area contributed by atoms with Gasteiger partial charge in [-0.05, 0) is 49.3 Å². The number of rotatable bonds is 3. The average molecular weight is 260 g/mol. The fourth-order valence-corrected chi connectivity index (χ4v) is 3.24. The van der Waals surface area contributed by atoms with Crippen molar-refractivity contribution in [3.05, 3.63) is 29.8 Å². The van der Waals surface area contributed by atoms with Gasteiger partial charge in [-0.15, -0.1) is 0 Å². The molecular formula is C16H24N2O. The predicted molar refractivity (Wildman–Crippen MR) is 79.0 cm³/mol. The highest BCUT2D eigenvalue weighted by molar-refractivity contribution is 5.88. The molecule has 1 amide bonds. The second kappa shape index (κ2) is 4.87.